The second kappa shape index (κ2) is 18.6. The summed E-state index contributed by atoms with van der Waals surface area (Å²) in [4.78, 5) is 59.8. The van der Waals surface area contributed by atoms with Crippen LogP contribution in [0.15, 0.2) is 60.7 Å². The van der Waals surface area contributed by atoms with Crippen LogP contribution in [-0.2, 0) is 16.1 Å². The highest BCUT2D eigenvalue weighted by molar-refractivity contribution is 6.21. The maximum absolute atomic E-state index is 13.5. The van der Waals surface area contributed by atoms with E-state index in [9.17, 15) is 19.2 Å². The molecule has 4 amide bonds. The number of fused-ring (bicyclic) bond motifs is 1. The summed E-state index contributed by atoms with van der Waals surface area (Å²) < 4.78 is 11.1. The molecule has 4 fully saturated rings. The van der Waals surface area contributed by atoms with Gasteiger partial charge >= 0.3 is 0 Å². The van der Waals surface area contributed by atoms with Gasteiger partial charge in [-0.2, -0.15) is 0 Å². The summed E-state index contributed by atoms with van der Waals surface area (Å²) in [6, 6.07) is 20.0. The number of rotatable bonds is 14. The largest absolute Gasteiger partial charge is 0.493 e. The van der Waals surface area contributed by atoms with Crippen molar-refractivity contribution in [3.05, 3.63) is 88.5 Å². The summed E-state index contributed by atoms with van der Waals surface area (Å²) in [5.74, 6) is 1.44. The smallest absolute Gasteiger partial charge is 0.261 e. The van der Waals surface area contributed by atoms with Crippen LogP contribution in [0.2, 0.25) is 0 Å². The molecule has 3 aromatic rings. The van der Waals surface area contributed by atoms with Crippen molar-refractivity contribution in [1.82, 2.24) is 24.9 Å². The van der Waals surface area contributed by atoms with Gasteiger partial charge in [0.15, 0.2) is 11.5 Å². The third-order valence-corrected chi connectivity index (χ3v) is 13.4. The molecule has 1 unspecified atom stereocenters. The Balaban J connectivity index is 0.718. The number of benzene rings is 3. The van der Waals surface area contributed by atoms with Crippen LogP contribution >= 0.6 is 0 Å². The average molecular weight is 805 g/mol. The van der Waals surface area contributed by atoms with Crippen molar-refractivity contribution < 1.29 is 28.7 Å². The van der Waals surface area contributed by atoms with E-state index in [4.69, 9.17) is 9.47 Å². The van der Waals surface area contributed by atoms with E-state index in [-0.39, 0.29) is 36.1 Å². The zero-order valence-corrected chi connectivity index (χ0v) is 34.8. The topological polar surface area (TPSA) is 124 Å². The van der Waals surface area contributed by atoms with Gasteiger partial charge in [0.2, 0.25) is 11.8 Å². The van der Waals surface area contributed by atoms with Crippen molar-refractivity contribution in [2.45, 2.75) is 82.7 Å². The minimum absolute atomic E-state index is 0.166. The van der Waals surface area contributed by atoms with E-state index in [1.165, 1.54) is 55.8 Å². The highest BCUT2D eigenvalue weighted by atomic mass is 16.5. The van der Waals surface area contributed by atoms with E-state index in [1.54, 1.807) is 19.2 Å². The van der Waals surface area contributed by atoms with Gasteiger partial charge in [0, 0.05) is 50.9 Å². The Morgan fingerprint density at radius 2 is 1.36 bits per heavy atom. The predicted octanol–water partition coefficient (Wildman–Crippen LogP) is 5.88. The first-order valence-corrected chi connectivity index (χ1v) is 21.9. The van der Waals surface area contributed by atoms with Crippen LogP contribution in [0, 0.1) is 5.92 Å². The molecule has 0 aliphatic carbocycles. The lowest BCUT2D eigenvalue weighted by atomic mass is 9.86. The van der Waals surface area contributed by atoms with Gasteiger partial charge in [-0.25, -0.2) is 0 Å². The number of piperidine rings is 4. The molecule has 4 saturated heterocycles. The number of nitrogens with one attached hydrogen (secondary N) is 2. The summed E-state index contributed by atoms with van der Waals surface area (Å²) in [7, 11) is 1.59. The van der Waals surface area contributed by atoms with Crippen LogP contribution < -0.4 is 20.1 Å². The predicted molar refractivity (Wildman–Crippen MR) is 227 cm³/mol. The second-order valence-electron chi connectivity index (χ2n) is 17.2. The fraction of sp³-hybridized carbons (Fsp3) is 0.532. The number of carbonyl (C=O) groups excluding carboxylic acids is 4. The third-order valence-electron chi connectivity index (χ3n) is 13.4. The van der Waals surface area contributed by atoms with Gasteiger partial charge in [-0.15, -0.1) is 0 Å². The highest BCUT2D eigenvalue weighted by Crippen LogP contribution is 2.34. The number of nitrogens with zero attached hydrogens (tertiary/aromatic N) is 4. The Morgan fingerprint density at radius 1 is 0.695 bits per heavy atom. The van der Waals surface area contributed by atoms with Crippen LogP contribution in [-0.4, -0.2) is 122 Å². The SMILES string of the molecule is CCOc1cc(CN2C(=O)c3ccc(NC4CCN(CC5CCN(CCN6CCC(c7ccc(C8CCC(=O)NC8=O)cc7)CC6)CC5)CC4)cc3C2=O)ccc1OC. The average Bonchev–Trinajstić information content (AvgIpc) is 3.48. The number of hydrogen-bond donors (Lipinski definition) is 2. The van der Waals surface area contributed by atoms with Crippen LogP contribution in [0.25, 0.3) is 0 Å². The number of likely N-dealkylation sites (tertiary alicyclic amines) is 3. The molecule has 8 rings (SSSR count). The summed E-state index contributed by atoms with van der Waals surface area (Å²) in [6.45, 7) is 12.8. The van der Waals surface area contributed by atoms with Gasteiger partial charge in [0.1, 0.15) is 0 Å². The van der Waals surface area contributed by atoms with E-state index in [2.05, 4.69) is 49.6 Å². The van der Waals surface area contributed by atoms with Gasteiger partial charge in [-0.1, -0.05) is 30.3 Å². The number of hydrogen-bond acceptors (Lipinski definition) is 10. The summed E-state index contributed by atoms with van der Waals surface area (Å²) >= 11 is 0. The van der Waals surface area contributed by atoms with Crippen molar-refractivity contribution in [3.8, 4) is 11.5 Å². The molecule has 0 radical (unpaired) electrons. The molecule has 5 aliphatic heterocycles. The van der Waals surface area contributed by atoms with Crippen molar-refractivity contribution in [2.75, 3.05) is 77.9 Å². The molecular weight excluding hydrogens is 745 g/mol. The summed E-state index contributed by atoms with van der Waals surface area (Å²) in [6.07, 6.45) is 7.98. The van der Waals surface area contributed by atoms with E-state index < -0.39 is 0 Å². The zero-order chi connectivity index (χ0) is 40.9. The monoisotopic (exact) mass is 804 g/mol. The van der Waals surface area contributed by atoms with Crippen molar-refractivity contribution >= 4 is 29.3 Å². The number of ether oxygens (including phenoxy) is 2. The highest BCUT2D eigenvalue weighted by Gasteiger charge is 2.36. The Bertz CT molecular complexity index is 1980. The molecule has 314 valence electrons. The lowest BCUT2D eigenvalue weighted by Gasteiger charge is -2.39. The van der Waals surface area contributed by atoms with Gasteiger partial charge in [-0.3, -0.25) is 29.4 Å². The number of methoxy groups -OCH3 is 1. The molecule has 5 aliphatic rings. The molecule has 59 heavy (non-hydrogen) atoms. The molecule has 12 nitrogen and oxygen atoms in total. The Hall–Kier alpha value is -4.78. The summed E-state index contributed by atoms with van der Waals surface area (Å²) in [5, 5.41) is 6.15. The van der Waals surface area contributed by atoms with E-state index in [0.29, 0.717) is 54.0 Å². The van der Waals surface area contributed by atoms with Crippen LogP contribution in [0.1, 0.15) is 108 Å². The standard InChI is InChI=1S/C47H60N6O6/c1-3-59-43-28-33(4-12-42(43)58-2)31-53-46(56)40-10-9-38(29-41(40)47(53)57)48-37-18-24-52(25-19-37)30-32-14-20-50(21-15-32)26-27-51-22-16-35(17-23-51)34-5-7-36(8-6-34)39-11-13-44(54)49-45(39)55/h4-10,12,28-29,32,35,37,39,48H,3,11,13-27,30-31H2,1-2H3,(H,49,54,55). The molecule has 0 bridgehead atoms. The number of amides is 4. The van der Waals surface area contributed by atoms with Gasteiger partial charge in [0.25, 0.3) is 11.8 Å². The molecule has 12 heteroatoms. The molecule has 5 heterocycles. The Morgan fingerprint density at radius 3 is 2.03 bits per heavy atom. The fourth-order valence-corrected chi connectivity index (χ4v) is 9.83. The van der Waals surface area contributed by atoms with E-state index in [1.807, 2.05) is 31.2 Å². The van der Waals surface area contributed by atoms with Crippen LogP contribution in [0.3, 0.4) is 0 Å². The third kappa shape index (κ3) is 9.66. The fourth-order valence-electron chi connectivity index (χ4n) is 9.83. The van der Waals surface area contributed by atoms with Crippen LogP contribution in [0.4, 0.5) is 5.69 Å². The Kier molecular flexibility index (Phi) is 13.0. The lowest BCUT2D eigenvalue weighted by molar-refractivity contribution is -0.134. The van der Waals surface area contributed by atoms with Gasteiger partial charge in [-0.05, 0) is 137 Å². The molecule has 3 aromatic carbocycles. The minimum atomic E-state index is -0.268. The zero-order valence-electron chi connectivity index (χ0n) is 34.8. The maximum Gasteiger partial charge on any atom is 0.261 e. The van der Waals surface area contributed by atoms with Gasteiger partial charge in [0.05, 0.1) is 37.3 Å². The summed E-state index contributed by atoms with van der Waals surface area (Å²) in [5.41, 5.74) is 4.98. The van der Waals surface area contributed by atoms with Crippen molar-refractivity contribution in [2.24, 2.45) is 5.92 Å². The lowest BCUT2D eigenvalue weighted by Crippen LogP contribution is -2.45. The normalized spacial score (nSPS) is 21.8. The molecule has 0 aromatic heterocycles. The van der Waals surface area contributed by atoms with Crippen molar-refractivity contribution in [1.29, 1.82) is 0 Å². The first-order valence-electron chi connectivity index (χ1n) is 21.9. The molecule has 2 N–H and O–H groups in total. The van der Waals surface area contributed by atoms with Crippen LogP contribution in [0.5, 0.6) is 11.5 Å². The molecular formula is C47H60N6O6. The first kappa shape index (κ1) is 41.0. The number of carbonyl (C=O) groups is 4. The van der Waals surface area contributed by atoms with E-state index >= 15 is 0 Å². The molecule has 1 atom stereocenters. The quantitative estimate of drug-likeness (QED) is 0.191. The number of anilines is 1. The minimum Gasteiger partial charge on any atom is -0.493 e. The first-order chi connectivity index (χ1) is 28.7. The number of imide groups is 2. The second-order valence-corrected chi connectivity index (χ2v) is 17.2. The molecule has 0 saturated carbocycles. The van der Waals surface area contributed by atoms with E-state index in [0.717, 1.165) is 74.8 Å². The maximum atomic E-state index is 13.5. The Labute approximate surface area is 348 Å². The molecule has 0 spiro atoms. The van der Waals surface area contributed by atoms with Crippen molar-refractivity contribution in [3.63, 3.8) is 0 Å². The van der Waals surface area contributed by atoms with Gasteiger partial charge < -0.3 is 29.5 Å².